The zero-order chi connectivity index (χ0) is 21.0. The first-order valence-electron chi connectivity index (χ1n) is 7.98. The zero-order valence-corrected chi connectivity index (χ0v) is 19.5. The summed E-state index contributed by atoms with van der Waals surface area (Å²) in [5.41, 5.74) is 0.742. The summed E-state index contributed by atoms with van der Waals surface area (Å²) in [7, 11) is 2.69. The molecule has 1 aromatic carbocycles. The van der Waals surface area contributed by atoms with Gasteiger partial charge in [0, 0.05) is 4.47 Å². The Balaban J connectivity index is 2.52. The Morgan fingerprint density at radius 1 is 1.14 bits per heavy atom. The van der Waals surface area contributed by atoms with Gasteiger partial charge in [0.1, 0.15) is 15.6 Å². The Morgan fingerprint density at radius 3 is 2.39 bits per heavy atom. The van der Waals surface area contributed by atoms with Crippen LogP contribution in [0.4, 0.5) is 5.00 Å². The van der Waals surface area contributed by atoms with Gasteiger partial charge >= 0.3 is 11.9 Å². The van der Waals surface area contributed by atoms with Crippen LogP contribution in [0, 0.1) is 6.92 Å². The molecule has 0 aliphatic heterocycles. The van der Waals surface area contributed by atoms with Crippen molar-refractivity contribution in [3.63, 3.8) is 0 Å². The van der Waals surface area contributed by atoms with Crippen LogP contribution in [0.5, 0.6) is 5.75 Å². The summed E-state index contributed by atoms with van der Waals surface area (Å²) in [6.45, 7) is 3.42. The Kier molecular flexibility index (Phi) is 7.62. The van der Waals surface area contributed by atoms with Crippen molar-refractivity contribution in [2.24, 2.45) is 0 Å². The SMILES string of the molecule is CCOC(=O)c1c(NC(=O)c2cc(Br)cc(Br)c2OC)sc(C(=O)OC)c1C. The second-order valence-corrected chi connectivity index (χ2v) is 8.19. The molecule has 0 aliphatic carbocycles. The molecule has 1 heterocycles. The molecule has 1 aromatic heterocycles. The predicted octanol–water partition coefficient (Wildman–Crippen LogP) is 4.81. The van der Waals surface area contributed by atoms with Gasteiger partial charge < -0.3 is 19.5 Å². The van der Waals surface area contributed by atoms with E-state index >= 15 is 0 Å². The van der Waals surface area contributed by atoms with Crippen molar-refractivity contribution in [1.29, 1.82) is 0 Å². The molecule has 28 heavy (non-hydrogen) atoms. The minimum atomic E-state index is -0.635. The third-order valence-electron chi connectivity index (χ3n) is 3.68. The number of anilines is 1. The Labute approximate surface area is 182 Å². The molecule has 0 aliphatic rings. The van der Waals surface area contributed by atoms with Crippen LogP contribution in [-0.4, -0.2) is 38.7 Å². The molecular weight excluding hydrogens is 518 g/mol. The number of hydrogen-bond acceptors (Lipinski definition) is 7. The number of methoxy groups -OCH3 is 2. The lowest BCUT2D eigenvalue weighted by molar-refractivity contribution is 0.0527. The fourth-order valence-corrected chi connectivity index (χ4v) is 4.94. The first kappa shape index (κ1) is 22.4. The Hall–Kier alpha value is -1.91. The van der Waals surface area contributed by atoms with Gasteiger partial charge in [-0.15, -0.1) is 11.3 Å². The van der Waals surface area contributed by atoms with E-state index in [0.717, 1.165) is 11.3 Å². The minimum absolute atomic E-state index is 0.119. The van der Waals surface area contributed by atoms with E-state index in [0.29, 0.717) is 20.3 Å². The van der Waals surface area contributed by atoms with Crippen LogP contribution in [0.2, 0.25) is 0 Å². The minimum Gasteiger partial charge on any atom is -0.495 e. The van der Waals surface area contributed by atoms with Crippen molar-refractivity contribution in [2.45, 2.75) is 13.8 Å². The number of rotatable bonds is 6. The third kappa shape index (κ3) is 4.56. The second-order valence-electron chi connectivity index (χ2n) is 5.39. The highest BCUT2D eigenvalue weighted by molar-refractivity contribution is 9.11. The molecule has 0 atom stereocenters. The summed E-state index contributed by atoms with van der Waals surface area (Å²) in [6, 6.07) is 3.33. The van der Waals surface area contributed by atoms with Crippen LogP contribution >= 0.6 is 43.2 Å². The molecule has 0 saturated heterocycles. The largest absolute Gasteiger partial charge is 0.495 e. The average Bonchev–Trinajstić information content (AvgIpc) is 2.96. The van der Waals surface area contributed by atoms with Crippen molar-refractivity contribution in [3.8, 4) is 5.75 Å². The van der Waals surface area contributed by atoms with E-state index < -0.39 is 17.8 Å². The van der Waals surface area contributed by atoms with Gasteiger partial charge in [-0.3, -0.25) is 4.79 Å². The maximum Gasteiger partial charge on any atom is 0.348 e. The van der Waals surface area contributed by atoms with Gasteiger partial charge in [0.2, 0.25) is 0 Å². The fraction of sp³-hybridized carbons (Fsp3) is 0.278. The van der Waals surface area contributed by atoms with E-state index in [9.17, 15) is 14.4 Å². The molecule has 0 unspecified atom stereocenters. The maximum atomic E-state index is 12.9. The van der Waals surface area contributed by atoms with Gasteiger partial charge in [0.25, 0.3) is 5.91 Å². The monoisotopic (exact) mass is 533 g/mol. The molecule has 0 fully saturated rings. The van der Waals surface area contributed by atoms with Crippen LogP contribution in [0.3, 0.4) is 0 Å². The summed E-state index contributed by atoms with van der Waals surface area (Å²) in [5, 5.41) is 2.88. The smallest absolute Gasteiger partial charge is 0.348 e. The molecule has 7 nitrogen and oxygen atoms in total. The summed E-state index contributed by atoms with van der Waals surface area (Å²) >= 11 is 7.63. The highest BCUT2D eigenvalue weighted by Crippen LogP contribution is 2.37. The van der Waals surface area contributed by atoms with Gasteiger partial charge in [-0.25, -0.2) is 9.59 Å². The van der Waals surface area contributed by atoms with E-state index in [4.69, 9.17) is 14.2 Å². The topological polar surface area (TPSA) is 90.9 Å². The summed E-state index contributed by atoms with van der Waals surface area (Å²) < 4.78 is 16.4. The summed E-state index contributed by atoms with van der Waals surface area (Å²) in [4.78, 5) is 37.5. The normalized spacial score (nSPS) is 10.4. The van der Waals surface area contributed by atoms with Crippen molar-refractivity contribution >= 4 is 66.0 Å². The molecule has 1 N–H and O–H groups in total. The fourth-order valence-electron chi connectivity index (χ4n) is 2.44. The van der Waals surface area contributed by atoms with Gasteiger partial charge in [-0.05, 0) is 47.5 Å². The molecule has 150 valence electrons. The molecule has 0 radical (unpaired) electrons. The van der Waals surface area contributed by atoms with Crippen molar-refractivity contribution in [2.75, 3.05) is 26.1 Å². The maximum absolute atomic E-state index is 12.9. The Bertz CT molecular complexity index is 941. The van der Waals surface area contributed by atoms with Gasteiger partial charge in [0.15, 0.2) is 0 Å². The number of carbonyl (C=O) groups is 3. The molecular formula is C18H17Br2NO6S. The van der Waals surface area contributed by atoms with Crippen LogP contribution < -0.4 is 10.1 Å². The first-order chi connectivity index (χ1) is 13.2. The van der Waals surface area contributed by atoms with Crippen molar-refractivity contribution in [1.82, 2.24) is 0 Å². The average molecular weight is 535 g/mol. The summed E-state index contributed by atoms with van der Waals surface area (Å²) in [6.07, 6.45) is 0. The zero-order valence-electron chi connectivity index (χ0n) is 15.5. The molecule has 0 saturated carbocycles. The number of halogens is 2. The first-order valence-corrected chi connectivity index (χ1v) is 10.4. The van der Waals surface area contributed by atoms with Crippen molar-refractivity contribution in [3.05, 3.63) is 42.6 Å². The van der Waals surface area contributed by atoms with Crippen molar-refractivity contribution < 1.29 is 28.6 Å². The van der Waals surface area contributed by atoms with E-state index in [1.54, 1.807) is 26.0 Å². The number of hydrogen-bond donors (Lipinski definition) is 1. The highest BCUT2D eigenvalue weighted by atomic mass is 79.9. The number of nitrogens with one attached hydrogen (secondary N) is 1. The van der Waals surface area contributed by atoms with Crippen LogP contribution in [-0.2, 0) is 9.47 Å². The van der Waals surface area contributed by atoms with Crippen LogP contribution in [0.25, 0.3) is 0 Å². The number of amides is 1. The van der Waals surface area contributed by atoms with E-state index in [1.165, 1.54) is 14.2 Å². The Morgan fingerprint density at radius 2 is 1.82 bits per heavy atom. The van der Waals surface area contributed by atoms with E-state index in [2.05, 4.69) is 37.2 Å². The van der Waals surface area contributed by atoms with Gasteiger partial charge in [-0.1, -0.05) is 15.9 Å². The molecule has 2 aromatic rings. The quantitative estimate of drug-likeness (QED) is 0.535. The van der Waals surface area contributed by atoms with Gasteiger partial charge in [0.05, 0.1) is 36.4 Å². The number of ether oxygens (including phenoxy) is 3. The van der Waals surface area contributed by atoms with Crippen LogP contribution in [0.1, 0.15) is 42.9 Å². The molecule has 0 spiro atoms. The van der Waals surface area contributed by atoms with Crippen LogP contribution in [0.15, 0.2) is 21.1 Å². The lowest BCUT2D eigenvalue weighted by Crippen LogP contribution is -2.16. The van der Waals surface area contributed by atoms with Gasteiger partial charge in [-0.2, -0.15) is 0 Å². The predicted molar refractivity (Wildman–Crippen MR) is 113 cm³/mol. The number of esters is 2. The highest BCUT2D eigenvalue weighted by Gasteiger charge is 2.28. The molecule has 2 rings (SSSR count). The number of carbonyl (C=O) groups excluding carboxylic acids is 3. The number of benzene rings is 1. The number of thiophene rings is 1. The molecule has 1 amide bonds. The second kappa shape index (κ2) is 9.53. The molecule has 10 heteroatoms. The lowest BCUT2D eigenvalue weighted by Gasteiger charge is -2.12. The standard InChI is InChI=1S/C18H17Br2NO6S/c1-5-27-17(23)12-8(2)14(18(24)26-4)28-16(12)21-15(22)10-6-9(19)7-11(20)13(10)25-3/h6-7H,5H2,1-4H3,(H,21,22). The molecule has 0 bridgehead atoms. The lowest BCUT2D eigenvalue weighted by atomic mass is 10.1. The third-order valence-corrected chi connectivity index (χ3v) is 5.92. The summed E-state index contributed by atoms with van der Waals surface area (Å²) in [5.74, 6) is -1.41. The van der Waals surface area contributed by atoms with E-state index in [-0.39, 0.29) is 27.6 Å². The van der Waals surface area contributed by atoms with E-state index in [1.807, 2.05) is 0 Å².